The number of likely N-dealkylation sites (tertiary alicyclic amines) is 2. The minimum absolute atomic E-state index is 0.0447. The maximum atomic E-state index is 13.2. The van der Waals surface area contributed by atoms with Gasteiger partial charge in [0.2, 0.25) is 0 Å². The summed E-state index contributed by atoms with van der Waals surface area (Å²) in [7, 11) is 0. The third kappa shape index (κ3) is 4.36. The summed E-state index contributed by atoms with van der Waals surface area (Å²) >= 11 is 5.79. The average Bonchev–Trinajstić information content (AvgIpc) is 3.22. The number of allylic oxidation sites excluding steroid dienone is 3. The van der Waals surface area contributed by atoms with Crippen LogP contribution in [0.15, 0.2) is 42.5 Å². The quantitative estimate of drug-likeness (QED) is 0.852. The fraction of sp³-hybridized carbons (Fsp3) is 0.476. The lowest BCUT2D eigenvalue weighted by Gasteiger charge is -2.24. The Bertz CT molecular complexity index is 752. The zero-order valence-electron chi connectivity index (χ0n) is 15.3. The number of carbonyl (C=O) groups excluding carboxylic acids is 1. The normalized spacial score (nSPS) is 27.2. The molecule has 27 heavy (non-hydrogen) atoms. The smallest absolute Gasteiger partial charge is 0.317 e. The number of halogens is 2. The summed E-state index contributed by atoms with van der Waals surface area (Å²) in [4.78, 5) is 16.9. The first-order chi connectivity index (χ1) is 13.1. The van der Waals surface area contributed by atoms with Crippen LogP contribution >= 0.6 is 11.6 Å². The highest BCUT2D eigenvalue weighted by Crippen LogP contribution is 2.32. The average molecular weight is 390 g/mol. The molecule has 2 amide bonds. The topological polar surface area (TPSA) is 35.6 Å². The van der Waals surface area contributed by atoms with Gasteiger partial charge in [0, 0.05) is 39.3 Å². The second kappa shape index (κ2) is 8.03. The molecule has 1 aromatic carbocycles. The second-order valence-corrected chi connectivity index (χ2v) is 8.27. The van der Waals surface area contributed by atoms with E-state index in [-0.39, 0.29) is 11.1 Å². The van der Waals surface area contributed by atoms with E-state index in [1.807, 2.05) is 4.90 Å². The van der Waals surface area contributed by atoms with E-state index in [1.54, 1.807) is 12.1 Å². The van der Waals surface area contributed by atoms with Crippen LogP contribution in [-0.4, -0.2) is 48.6 Å². The fourth-order valence-electron chi connectivity index (χ4n) is 4.44. The van der Waals surface area contributed by atoms with Gasteiger partial charge < -0.3 is 15.1 Å². The number of carbonyl (C=O) groups is 1. The van der Waals surface area contributed by atoms with Crippen molar-refractivity contribution >= 4 is 17.6 Å². The summed E-state index contributed by atoms with van der Waals surface area (Å²) in [5.41, 5.74) is 0.801. The Balaban J connectivity index is 1.23. The minimum Gasteiger partial charge on any atom is -0.334 e. The van der Waals surface area contributed by atoms with Gasteiger partial charge in [-0.1, -0.05) is 42.0 Å². The van der Waals surface area contributed by atoms with Crippen molar-refractivity contribution in [1.29, 1.82) is 0 Å². The molecule has 3 atom stereocenters. The van der Waals surface area contributed by atoms with Gasteiger partial charge in [0.15, 0.2) is 0 Å². The summed E-state index contributed by atoms with van der Waals surface area (Å²) in [6, 6.07) is 4.49. The summed E-state index contributed by atoms with van der Waals surface area (Å²) in [5.74, 6) is 1.32. The van der Waals surface area contributed by atoms with Gasteiger partial charge in [-0.25, -0.2) is 9.18 Å². The molecule has 3 aliphatic rings. The van der Waals surface area contributed by atoms with Gasteiger partial charge in [-0.2, -0.15) is 0 Å². The van der Waals surface area contributed by atoms with Crippen molar-refractivity contribution in [1.82, 2.24) is 15.1 Å². The highest BCUT2D eigenvalue weighted by Gasteiger charge is 2.41. The van der Waals surface area contributed by atoms with Crippen molar-refractivity contribution in [2.75, 3.05) is 32.7 Å². The number of nitrogens with one attached hydrogen (secondary N) is 1. The van der Waals surface area contributed by atoms with Crippen molar-refractivity contribution in [3.63, 3.8) is 0 Å². The first-order valence-electron chi connectivity index (χ1n) is 9.61. The predicted molar refractivity (Wildman–Crippen MR) is 105 cm³/mol. The maximum Gasteiger partial charge on any atom is 0.317 e. The molecule has 4 nitrogen and oxygen atoms in total. The van der Waals surface area contributed by atoms with E-state index < -0.39 is 5.82 Å². The van der Waals surface area contributed by atoms with Gasteiger partial charge >= 0.3 is 6.03 Å². The lowest BCUT2D eigenvalue weighted by Crippen LogP contribution is -2.40. The molecule has 2 fully saturated rings. The van der Waals surface area contributed by atoms with Crippen LogP contribution < -0.4 is 5.32 Å². The lowest BCUT2D eigenvalue weighted by atomic mass is 10.0. The molecule has 2 saturated heterocycles. The van der Waals surface area contributed by atoms with E-state index in [1.165, 1.54) is 6.07 Å². The van der Waals surface area contributed by atoms with E-state index >= 15 is 0 Å². The van der Waals surface area contributed by atoms with E-state index in [4.69, 9.17) is 11.6 Å². The zero-order chi connectivity index (χ0) is 18.8. The number of fused-ring (bicyclic) bond motifs is 1. The Labute approximate surface area is 164 Å². The minimum atomic E-state index is -0.441. The van der Waals surface area contributed by atoms with Crippen LogP contribution in [0.2, 0.25) is 5.02 Å². The Kier molecular flexibility index (Phi) is 5.50. The predicted octanol–water partition coefficient (Wildman–Crippen LogP) is 3.68. The molecule has 144 valence electrons. The molecule has 0 radical (unpaired) electrons. The van der Waals surface area contributed by atoms with Gasteiger partial charge in [0.05, 0.1) is 5.02 Å². The van der Waals surface area contributed by atoms with Crippen molar-refractivity contribution in [3.05, 3.63) is 58.9 Å². The van der Waals surface area contributed by atoms with Crippen molar-refractivity contribution < 1.29 is 9.18 Å². The molecule has 0 aromatic heterocycles. The van der Waals surface area contributed by atoms with Crippen LogP contribution in [0, 0.1) is 23.6 Å². The molecule has 4 rings (SSSR count). The van der Waals surface area contributed by atoms with Crippen LogP contribution in [0.5, 0.6) is 0 Å². The molecule has 3 unspecified atom stereocenters. The first kappa shape index (κ1) is 18.5. The molecule has 0 bridgehead atoms. The van der Waals surface area contributed by atoms with E-state index in [0.717, 1.165) is 44.7 Å². The van der Waals surface area contributed by atoms with Crippen LogP contribution in [0.25, 0.3) is 0 Å². The molecule has 2 heterocycles. The van der Waals surface area contributed by atoms with Crippen molar-refractivity contribution in [2.24, 2.45) is 17.8 Å². The Hall–Kier alpha value is -1.85. The van der Waals surface area contributed by atoms with Crippen LogP contribution in [0.3, 0.4) is 0 Å². The monoisotopic (exact) mass is 389 g/mol. The third-order valence-electron chi connectivity index (χ3n) is 5.84. The molecule has 6 heteroatoms. The van der Waals surface area contributed by atoms with E-state index in [0.29, 0.717) is 24.3 Å². The number of rotatable bonds is 4. The van der Waals surface area contributed by atoms with Crippen LogP contribution in [0.1, 0.15) is 12.0 Å². The summed E-state index contributed by atoms with van der Waals surface area (Å²) in [5, 5.41) is 3.01. The van der Waals surface area contributed by atoms with Gasteiger partial charge in [-0.3, -0.25) is 0 Å². The second-order valence-electron chi connectivity index (χ2n) is 7.86. The molecule has 0 spiro atoms. The zero-order valence-corrected chi connectivity index (χ0v) is 16.0. The largest absolute Gasteiger partial charge is 0.334 e. The number of nitrogens with zero attached hydrogens (tertiary/aromatic N) is 2. The molecular weight excluding hydrogens is 365 g/mol. The molecule has 0 saturated carbocycles. The summed E-state index contributed by atoms with van der Waals surface area (Å²) in [6.07, 6.45) is 9.93. The molecule has 2 aliphatic heterocycles. The van der Waals surface area contributed by atoms with Crippen molar-refractivity contribution in [2.45, 2.75) is 13.0 Å². The van der Waals surface area contributed by atoms with Gasteiger partial charge in [-0.15, -0.1) is 0 Å². The third-order valence-corrected chi connectivity index (χ3v) is 6.13. The van der Waals surface area contributed by atoms with E-state index in [9.17, 15) is 9.18 Å². The summed E-state index contributed by atoms with van der Waals surface area (Å²) < 4.78 is 13.2. The van der Waals surface area contributed by atoms with E-state index in [2.05, 4.69) is 34.5 Å². The van der Waals surface area contributed by atoms with Gasteiger partial charge in [-0.05, 0) is 41.9 Å². The summed E-state index contributed by atoms with van der Waals surface area (Å²) in [6.45, 7) is 5.27. The Morgan fingerprint density at radius 2 is 1.96 bits per heavy atom. The lowest BCUT2D eigenvalue weighted by molar-refractivity contribution is 0.197. The maximum absolute atomic E-state index is 13.2. The number of hydrogen-bond acceptors (Lipinski definition) is 2. The van der Waals surface area contributed by atoms with Crippen LogP contribution in [-0.2, 0) is 6.54 Å². The molecule has 1 aliphatic carbocycles. The number of urea groups is 1. The SMILES string of the molecule is O=C(NCc1ccc(F)c(Cl)c1)N1CC2CN(CC3C=CC=CC3)CC2C1. The highest BCUT2D eigenvalue weighted by molar-refractivity contribution is 6.30. The molecule has 1 aromatic rings. The van der Waals surface area contributed by atoms with Crippen molar-refractivity contribution in [3.8, 4) is 0 Å². The number of benzene rings is 1. The Morgan fingerprint density at radius 1 is 1.19 bits per heavy atom. The first-order valence-corrected chi connectivity index (χ1v) is 9.98. The number of amides is 2. The number of hydrogen-bond donors (Lipinski definition) is 1. The molecular formula is C21H25ClFN3O. The fourth-order valence-corrected chi connectivity index (χ4v) is 4.65. The Morgan fingerprint density at radius 3 is 2.63 bits per heavy atom. The van der Waals surface area contributed by atoms with Crippen LogP contribution in [0.4, 0.5) is 9.18 Å². The van der Waals surface area contributed by atoms with Gasteiger partial charge in [0.25, 0.3) is 0 Å². The highest BCUT2D eigenvalue weighted by atomic mass is 35.5. The molecule has 1 N–H and O–H groups in total. The van der Waals surface area contributed by atoms with Gasteiger partial charge in [0.1, 0.15) is 5.82 Å². The standard InChI is InChI=1S/C21H25ClFN3O/c22-19-8-16(6-7-20(19)23)9-24-21(27)26-13-17-11-25(12-18(17)14-26)10-15-4-2-1-3-5-15/h1-4,6-8,15,17-18H,5,9-14H2,(H,24,27).